The summed E-state index contributed by atoms with van der Waals surface area (Å²) in [6.07, 6.45) is 3.38. The summed E-state index contributed by atoms with van der Waals surface area (Å²) >= 11 is 0. The zero-order valence-corrected chi connectivity index (χ0v) is 12.4. The molecule has 0 unspecified atom stereocenters. The van der Waals surface area contributed by atoms with E-state index >= 15 is 0 Å². The summed E-state index contributed by atoms with van der Waals surface area (Å²) in [6, 6.07) is 0. The van der Waals surface area contributed by atoms with Crippen molar-refractivity contribution in [3.63, 3.8) is 0 Å². The number of likely N-dealkylation sites (tertiary alicyclic amines) is 1. The Hall–Kier alpha value is -1.26. The van der Waals surface area contributed by atoms with Crippen LogP contribution >= 0.6 is 0 Å². The molecule has 2 bridgehead atoms. The van der Waals surface area contributed by atoms with Crippen LogP contribution in [-0.4, -0.2) is 40.8 Å². The molecule has 0 aromatic carbocycles. The van der Waals surface area contributed by atoms with Gasteiger partial charge in [0.25, 0.3) is 0 Å². The monoisotopic (exact) mass is 281 g/mol. The molecule has 1 aliphatic heterocycles. The van der Waals surface area contributed by atoms with E-state index in [2.05, 4.69) is 0 Å². The third-order valence-electron chi connectivity index (χ3n) is 4.92. The Kier molecular flexibility index (Phi) is 2.67. The molecule has 3 aliphatic carbocycles. The molecule has 0 spiro atoms. The van der Waals surface area contributed by atoms with Crippen molar-refractivity contribution in [2.45, 2.75) is 52.1 Å². The van der Waals surface area contributed by atoms with E-state index in [9.17, 15) is 9.59 Å². The van der Waals surface area contributed by atoms with Crippen LogP contribution in [-0.2, 0) is 9.53 Å². The summed E-state index contributed by atoms with van der Waals surface area (Å²) in [4.78, 5) is 24.6. The lowest BCUT2D eigenvalue weighted by atomic mass is 9.33. The molecule has 0 aromatic rings. The minimum atomic E-state index is -0.622. The van der Waals surface area contributed by atoms with Crippen molar-refractivity contribution < 1.29 is 19.4 Å². The van der Waals surface area contributed by atoms with E-state index in [0.717, 1.165) is 38.8 Å². The number of nitrogens with zero attached hydrogens (tertiary/aromatic N) is 1. The van der Waals surface area contributed by atoms with E-state index < -0.39 is 11.6 Å². The molecule has 3 saturated carbocycles. The Morgan fingerprint density at radius 2 is 1.80 bits per heavy atom. The zero-order valence-electron chi connectivity index (χ0n) is 12.4. The van der Waals surface area contributed by atoms with E-state index in [1.807, 2.05) is 20.8 Å². The quantitative estimate of drug-likeness (QED) is 0.863. The van der Waals surface area contributed by atoms with Crippen molar-refractivity contribution in [3.05, 3.63) is 0 Å². The smallest absolute Gasteiger partial charge is 0.410 e. The van der Waals surface area contributed by atoms with Gasteiger partial charge in [-0.1, -0.05) is 0 Å². The van der Waals surface area contributed by atoms with E-state index in [-0.39, 0.29) is 16.9 Å². The fourth-order valence-electron chi connectivity index (χ4n) is 4.23. The van der Waals surface area contributed by atoms with Crippen LogP contribution in [0.15, 0.2) is 0 Å². The second-order valence-corrected chi connectivity index (χ2v) is 8.07. The molecule has 1 amide bonds. The number of carbonyl (C=O) groups is 2. The molecule has 20 heavy (non-hydrogen) atoms. The summed E-state index contributed by atoms with van der Waals surface area (Å²) in [5, 5.41) is 9.10. The number of hydrogen-bond acceptors (Lipinski definition) is 3. The lowest BCUT2D eigenvalue weighted by Crippen LogP contribution is -2.67. The summed E-state index contributed by atoms with van der Waals surface area (Å²) < 4.78 is 5.33. The van der Waals surface area contributed by atoms with Gasteiger partial charge in [0.1, 0.15) is 5.60 Å². The lowest BCUT2D eigenvalue weighted by molar-refractivity contribution is -0.231. The minimum absolute atomic E-state index is 0.228. The largest absolute Gasteiger partial charge is 0.481 e. The van der Waals surface area contributed by atoms with Gasteiger partial charge in [-0.25, -0.2) is 4.79 Å². The second kappa shape index (κ2) is 3.89. The molecular formula is C15H23NO4. The van der Waals surface area contributed by atoms with Crippen LogP contribution in [0.4, 0.5) is 4.79 Å². The number of carboxylic acids is 1. The number of rotatable bonds is 3. The number of hydrogen-bond donors (Lipinski definition) is 1. The number of carbonyl (C=O) groups excluding carboxylic acids is 1. The molecule has 1 N–H and O–H groups in total. The predicted octanol–water partition coefficient (Wildman–Crippen LogP) is 2.50. The minimum Gasteiger partial charge on any atom is -0.481 e. The molecule has 5 heteroatoms. The molecule has 0 aromatic heterocycles. The second-order valence-electron chi connectivity index (χ2n) is 8.07. The van der Waals surface area contributed by atoms with E-state index in [0.29, 0.717) is 5.92 Å². The van der Waals surface area contributed by atoms with Gasteiger partial charge in [0.2, 0.25) is 0 Å². The summed E-state index contributed by atoms with van der Waals surface area (Å²) in [5.74, 6) is -0.0991. The molecule has 4 rings (SSSR count). The highest BCUT2D eigenvalue weighted by molar-refractivity contribution is 5.79. The van der Waals surface area contributed by atoms with Crippen molar-refractivity contribution in [2.24, 2.45) is 16.7 Å². The van der Waals surface area contributed by atoms with Crippen molar-refractivity contribution in [1.82, 2.24) is 4.90 Å². The summed E-state index contributed by atoms with van der Waals surface area (Å²) in [6.45, 7) is 7.13. The van der Waals surface area contributed by atoms with Gasteiger partial charge >= 0.3 is 12.1 Å². The van der Waals surface area contributed by atoms with Crippen LogP contribution in [0.3, 0.4) is 0 Å². The number of carboxylic acid groups (broad SMARTS) is 1. The SMILES string of the molecule is CC(C)(C)OC(=O)N1CC(CC23CC(C(=O)O)(C2)C3)C1. The van der Waals surface area contributed by atoms with Gasteiger partial charge in [0.15, 0.2) is 0 Å². The van der Waals surface area contributed by atoms with Crippen molar-refractivity contribution in [1.29, 1.82) is 0 Å². The first kappa shape index (κ1) is 13.7. The molecular weight excluding hydrogens is 258 g/mol. The van der Waals surface area contributed by atoms with Gasteiger partial charge in [0.05, 0.1) is 5.41 Å². The third-order valence-corrected chi connectivity index (χ3v) is 4.92. The van der Waals surface area contributed by atoms with Gasteiger partial charge in [-0.3, -0.25) is 4.79 Å². The first-order valence-corrected chi connectivity index (χ1v) is 7.35. The standard InChI is InChI=1S/C15H23NO4/c1-13(2,3)20-12(19)16-5-10(6-16)4-14-7-15(8-14,9-14)11(17)18/h10H,4-9H2,1-3H3,(H,17,18). The molecule has 0 radical (unpaired) electrons. The first-order chi connectivity index (χ1) is 9.13. The Labute approximate surface area is 119 Å². The predicted molar refractivity (Wildman–Crippen MR) is 72.3 cm³/mol. The Bertz CT molecular complexity index is 439. The third kappa shape index (κ3) is 2.07. The Morgan fingerprint density at radius 1 is 1.25 bits per heavy atom. The molecule has 4 aliphatic rings. The van der Waals surface area contributed by atoms with Crippen LogP contribution in [0.5, 0.6) is 0 Å². The van der Waals surface area contributed by atoms with E-state index in [1.165, 1.54) is 0 Å². The maximum atomic E-state index is 11.8. The van der Waals surface area contributed by atoms with Crippen molar-refractivity contribution >= 4 is 12.1 Å². The van der Waals surface area contributed by atoms with Gasteiger partial charge in [-0.2, -0.15) is 0 Å². The topological polar surface area (TPSA) is 66.8 Å². The van der Waals surface area contributed by atoms with E-state index in [4.69, 9.17) is 9.84 Å². The Morgan fingerprint density at radius 3 is 2.25 bits per heavy atom. The highest BCUT2D eigenvalue weighted by atomic mass is 16.6. The maximum Gasteiger partial charge on any atom is 0.410 e. The van der Waals surface area contributed by atoms with Crippen LogP contribution in [0, 0.1) is 16.7 Å². The fourth-order valence-corrected chi connectivity index (χ4v) is 4.23. The highest BCUT2D eigenvalue weighted by Gasteiger charge is 2.71. The van der Waals surface area contributed by atoms with Gasteiger partial charge in [-0.05, 0) is 57.8 Å². The molecule has 5 nitrogen and oxygen atoms in total. The average Bonchev–Trinajstić information content (AvgIpc) is 2.06. The van der Waals surface area contributed by atoms with Crippen LogP contribution in [0.2, 0.25) is 0 Å². The van der Waals surface area contributed by atoms with Gasteiger partial charge < -0.3 is 14.7 Å². The maximum absolute atomic E-state index is 11.8. The number of amides is 1. The van der Waals surface area contributed by atoms with Gasteiger partial charge in [0, 0.05) is 13.1 Å². The summed E-state index contributed by atoms with van der Waals surface area (Å²) in [7, 11) is 0. The van der Waals surface area contributed by atoms with Crippen LogP contribution < -0.4 is 0 Å². The Balaban J connectivity index is 1.40. The molecule has 0 atom stereocenters. The van der Waals surface area contributed by atoms with Crippen molar-refractivity contribution in [2.75, 3.05) is 13.1 Å². The zero-order chi connectivity index (χ0) is 14.8. The number of ether oxygens (including phenoxy) is 1. The molecule has 1 saturated heterocycles. The summed E-state index contributed by atoms with van der Waals surface area (Å²) in [5.41, 5.74) is -0.540. The fraction of sp³-hybridized carbons (Fsp3) is 0.867. The lowest BCUT2D eigenvalue weighted by Gasteiger charge is -2.69. The van der Waals surface area contributed by atoms with Crippen LogP contribution in [0.25, 0.3) is 0 Å². The number of aliphatic carboxylic acids is 1. The normalized spacial score (nSPS) is 35.6. The average molecular weight is 281 g/mol. The van der Waals surface area contributed by atoms with Crippen molar-refractivity contribution in [3.8, 4) is 0 Å². The molecule has 112 valence electrons. The van der Waals surface area contributed by atoms with Gasteiger partial charge in [-0.15, -0.1) is 0 Å². The van der Waals surface area contributed by atoms with Crippen LogP contribution in [0.1, 0.15) is 46.5 Å². The molecule has 1 heterocycles. The molecule has 4 fully saturated rings. The highest BCUT2D eigenvalue weighted by Crippen LogP contribution is 2.75. The van der Waals surface area contributed by atoms with E-state index in [1.54, 1.807) is 4.90 Å². The first-order valence-electron chi connectivity index (χ1n) is 7.35.